The zero-order valence-electron chi connectivity index (χ0n) is 14.4. The van der Waals surface area contributed by atoms with Crippen molar-refractivity contribution in [2.45, 2.75) is 71.8 Å². The van der Waals surface area contributed by atoms with Gasteiger partial charge in [0.25, 0.3) is 0 Å². The highest BCUT2D eigenvalue weighted by molar-refractivity contribution is 5.26. The van der Waals surface area contributed by atoms with Crippen molar-refractivity contribution in [2.75, 3.05) is 6.61 Å². The highest BCUT2D eigenvalue weighted by Crippen LogP contribution is 2.71. The Morgan fingerprint density at radius 3 is 2.41 bits per heavy atom. The van der Waals surface area contributed by atoms with Gasteiger partial charge in [0, 0.05) is 5.41 Å². The number of fused-ring (bicyclic) bond motifs is 3. The molecule has 0 aromatic carbocycles. The van der Waals surface area contributed by atoms with Crippen LogP contribution in [-0.2, 0) is 0 Å². The van der Waals surface area contributed by atoms with Crippen LogP contribution in [0.1, 0.15) is 65.7 Å². The van der Waals surface area contributed by atoms with Crippen molar-refractivity contribution in [3.63, 3.8) is 0 Å². The second-order valence-electron chi connectivity index (χ2n) is 9.83. The molecule has 0 aromatic heterocycles. The lowest BCUT2D eigenvalue weighted by Crippen LogP contribution is -2.59. The second-order valence-corrected chi connectivity index (χ2v) is 9.83. The molecule has 0 aromatic rings. The van der Waals surface area contributed by atoms with Crippen LogP contribution in [0.2, 0.25) is 0 Å². The number of rotatable bonds is 1. The molecule has 4 aliphatic rings. The van der Waals surface area contributed by atoms with Gasteiger partial charge in [-0.2, -0.15) is 0 Å². The van der Waals surface area contributed by atoms with Crippen LogP contribution in [0.25, 0.3) is 0 Å². The summed E-state index contributed by atoms with van der Waals surface area (Å²) in [5.74, 6) is 1.37. The third kappa shape index (κ3) is 1.69. The van der Waals surface area contributed by atoms with E-state index in [1.54, 1.807) is 0 Å². The minimum Gasteiger partial charge on any atom is -0.395 e. The fourth-order valence-electron chi connectivity index (χ4n) is 7.37. The van der Waals surface area contributed by atoms with E-state index in [0.717, 1.165) is 18.8 Å². The molecule has 4 aliphatic carbocycles. The van der Waals surface area contributed by atoms with E-state index in [4.69, 9.17) is 0 Å². The van der Waals surface area contributed by atoms with Crippen molar-refractivity contribution < 1.29 is 10.2 Å². The predicted molar refractivity (Wildman–Crippen MR) is 88.3 cm³/mol. The molecule has 0 radical (unpaired) electrons. The van der Waals surface area contributed by atoms with Gasteiger partial charge >= 0.3 is 0 Å². The fraction of sp³-hybridized carbons (Fsp3) is 0.900. The summed E-state index contributed by atoms with van der Waals surface area (Å²) >= 11 is 0. The van der Waals surface area contributed by atoms with Gasteiger partial charge in [-0.1, -0.05) is 32.9 Å². The molecule has 6 atom stereocenters. The van der Waals surface area contributed by atoms with Gasteiger partial charge in [0.05, 0.1) is 12.7 Å². The molecule has 2 bridgehead atoms. The van der Waals surface area contributed by atoms with Crippen molar-refractivity contribution in [3.05, 3.63) is 12.2 Å². The summed E-state index contributed by atoms with van der Waals surface area (Å²) in [5.41, 5.74) is 0.827. The average Bonchev–Trinajstić information content (AvgIpc) is 2.76. The van der Waals surface area contributed by atoms with Gasteiger partial charge in [-0.15, -0.1) is 0 Å². The van der Waals surface area contributed by atoms with Crippen molar-refractivity contribution >= 4 is 0 Å². The Kier molecular flexibility index (Phi) is 3.03. The van der Waals surface area contributed by atoms with Crippen LogP contribution in [-0.4, -0.2) is 22.9 Å². The maximum atomic E-state index is 10.5. The minimum absolute atomic E-state index is 0.0441. The van der Waals surface area contributed by atoms with Crippen LogP contribution < -0.4 is 0 Å². The molecule has 3 saturated carbocycles. The van der Waals surface area contributed by atoms with Crippen LogP contribution in [0.3, 0.4) is 0 Å². The van der Waals surface area contributed by atoms with E-state index in [2.05, 4.69) is 32.9 Å². The summed E-state index contributed by atoms with van der Waals surface area (Å²) in [7, 11) is 0. The van der Waals surface area contributed by atoms with Crippen LogP contribution in [0.5, 0.6) is 0 Å². The summed E-state index contributed by atoms with van der Waals surface area (Å²) in [4.78, 5) is 0. The number of hydrogen-bond donors (Lipinski definition) is 2. The summed E-state index contributed by atoms with van der Waals surface area (Å²) in [6.45, 7) is 7.43. The summed E-state index contributed by atoms with van der Waals surface area (Å²) in [6, 6.07) is 0. The van der Waals surface area contributed by atoms with Crippen molar-refractivity contribution in [1.29, 1.82) is 0 Å². The zero-order valence-corrected chi connectivity index (χ0v) is 14.4. The normalized spacial score (nSPS) is 55.6. The highest BCUT2D eigenvalue weighted by atomic mass is 16.3. The van der Waals surface area contributed by atoms with E-state index in [-0.39, 0.29) is 16.9 Å². The first-order valence-electron chi connectivity index (χ1n) is 9.27. The first-order valence-corrected chi connectivity index (χ1v) is 9.27. The molecule has 4 rings (SSSR count). The smallest absolute Gasteiger partial charge is 0.0594 e. The maximum Gasteiger partial charge on any atom is 0.0594 e. The predicted octanol–water partition coefficient (Wildman–Crippen LogP) is 3.92. The molecule has 22 heavy (non-hydrogen) atoms. The van der Waals surface area contributed by atoms with E-state index in [1.807, 2.05) is 0 Å². The van der Waals surface area contributed by atoms with Gasteiger partial charge in [0.15, 0.2) is 0 Å². The molecule has 1 spiro atoms. The zero-order chi connectivity index (χ0) is 15.8. The van der Waals surface area contributed by atoms with Gasteiger partial charge in [-0.05, 0) is 73.0 Å². The highest BCUT2D eigenvalue weighted by Gasteiger charge is 2.64. The van der Waals surface area contributed by atoms with Crippen molar-refractivity contribution in [1.82, 2.24) is 0 Å². The van der Waals surface area contributed by atoms with Crippen molar-refractivity contribution in [3.8, 4) is 0 Å². The van der Waals surface area contributed by atoms with Gasteiger partial charge in [0.2, 0.25) is 0 Å². The van der Waals surface area contributed by atoms with E-state index >= 15 is 0 Å². The molecular formula is C20H32O2. The first-order chi connectivity index (χ1) is 10.3. The average molecular weight is 304 g/mol. The number of hydrogen-bond acceptors (Lipinski definition) is 2. The molecule has 124 valence electrons. The van der Waals surface area contributed by atoms with Crippen LogP contribution in [0, 0.1) is 33.5 Å². The monoisotopic (exact) mass is 304 g/mol. The first kappa shape index (κ1) is 15.2. The molecule has 0 unspecified atom stereocenters. The quantitative estimate of drug-likeness (QED) is 0.721. The second kappa shape index (κ2) is 4.39. The van der Waals surface area contributed by atoms with E-state index < -0.39 is 0 Å². The standard InChI is InChI=1S/C20H32O2/c1-17(2)14-5-9-20-11-10-19(12-20,13-21)8-4-15(20)18(14,3)7-6-16(17)22/h10-11,14-16,21-22H,4-9,12-13H2,1-3H3/t14-,15+,16-,18-,19-,20-/m1/s1. The van der Waals surface area contributed by atoms with Gasteiger partial charge in [-0.25, -0.2) is 0 Å². The van der Waals surface area contributed by atoms with E-state index in [1.165, 1.54) is 32.1 Å². The SMILES string of the molecule is CC1(C)[C@H](O)CC[C@]2(C)[C@@H]1CC[C@]13C=C[C@](CO)(CC[C@H]12)C3. The summed E-state index contributed by atoms with van der Waals surface area (Å²) < 4.78 is 0. The number of allylic oxidation sites excluding steroid dienone is 1. The Balaban J connectivity index is 1.72. The van der Waals surface area contributed by atoms with Crippen molar-refractivity contribution in [2.24, 2.45) is 33.5 Å². The number of aliphatic hydroxyl groups excluding tert-OH is 2. The third-order valence-electron chi connectivity index (χ3n) is 8.59. The molecule has 2 nitrogen and oxygen atoms in total. The maximum absolute atomic E-state index is 10.5. The van der Waals surface area contributed by atoms with Crippen LogP contribution >= 0.6 is 0 Å². The minimum atomic E-state index is -0.140. The molecule has 0 saturated heterocycles. The Labute approximate surface area is 135 Å². The van der Waals surface area contributed by atoms with E-state index in [0.29, 0.717) is 23.4 Å². The molecule has 2 heteroatoms. The Morgan fingerprint density at radius 1 is 0.955 bits per heavy atom. The van der Waals surface area contributed by atoms with Crippen LogP contribution in [0.4, 0.5) is 0 Å². The lowest BCUT2D eigenvalue weighted by atomic mass is 9.40. The Bertz CT molecular complexity index is 510. The fourth-order valence-corrected chi connectivity index (χ4v) is 7.37. The largest absolute Gasteiger partial charge is 0.395 e. The molecule has 0 amide bonds. The van der Waals surface area contributed by atoms with E-state index in [9.17, 15) is 10.2 Å². The third-order valence-corrected chi connectivity index (χ3v) is 8.59. The number of aliphatic hydroxyl groups is 2. The van der Waals surface area contributed by atoms with Gasteiger partial charge < -0.3 is 10.2 Å². The summed E-state index contributed by atoms with van der Waals surface area (Å²) in [6.07, 6.45) is 12.9. The Morgan fingerprint density at radius 2 is 1.68 bits per heavy atom. The summed E-state index contributed by atoms with van der Waals surface area (Å²) in [5, 5.41) is 20.4. The molecule has 0 aliphatic heterocycles. The van der Waals surface area contributed by atoms with Gasteiger partial charge in [-0.3, -0.25) is 0 Å². The van der Waals surface area contributed by atoms with Gasteiger partial charge in [0.1, 0.15) is 0 Å². The topological polar surface area (TPSA) is 40.5 Å². The lowest BCUT2D eigenvalue weighted by molar-refractivity contribution is -0.179. The molecule has 0 heterocycles. The molecule has 3 fully saturated rings. The Hall–Kier alpha value is -0.340. The lowest BCUT2D eigenvalue weighted by Gasteiger charge is -2.65. The molecular weight excluding hydrogens is 272 g/mol. The van der Waals surface area contributed by atoms with Crippen LogP contribution in [0.15, 0.2) is 12.2 Å². The molecule has 2 N–H and O–H groups in total.